The summed E-state index contributed by atoms with van der Waals surface area (Å²) in [6.45, 7) is 14.4. The first-order chi connectivity index (χ1) is 34.0. The lowest BCUT2D eigenvalue weighted by Gasteiger charge is -2.05. The van der Waals surface area contributed by atoms with Crippen LogP contribution in [0.4, 0.5) is 57.5 Å². The summed E-state index contributed by atoms with van der Waals surface area (Å²) in [6.07, 6.45) is 0. The van der Waals surface area contributed by atoms with E-state index in [2.05, 4.69) is 131 Å². The van der Waals surface area contributed by atoms with Gasteiger partial charge in [0, 0.05) is 27.2 Å². The molecule has 5 aromatic heterocycles. The van der Waals surface area contributed by atoms with Crippen LogP contribution in [0.3, 0.4) is 0 Å². The average molecular weight is 1360 g/mol. The number of halogens is 5. The maximum absolute atomic E-state index is 11.0. The number of nitro groups is 4. The molecule has 0 saturated carbocycles. The molecule has 5 heterocycles. The molecule has 0 amide bonds. The third-order valence-electron chi connectivity index (χ3n) is 8.21. The highest BCUT2D eigenvalue weighted by molar-refractivity contribution is 9.11. The number of aromatic nitrogens is 10. The molecule has 0 saturated heterocycles. The fraction of sp³-hybridized carbons (Fsp3) is 0.171. The Morgan fingerprint density at radius 1 is 0.616 bits per heavy atom. The van der Waals surface area contributed by atoms with Gasteiger partial charge in [0.05, 0.1) is 33.8 Å². The molecule has 0 unspecified atom stereocenters. The van der Waals surface area contributed by atoms with Gasteiger partial charge in [-0.05, 0) is 101 Å². The van der Waals surface area contributed by atoms with Crippen molar-refractivity contribution in [3.05, 3.63) is 158 Å². The highest BCUT2D eigenvalue weighted by Crippen LogP contribution is 2.35. The molecule has 0 spiro atoms. The summed E-state index contributed by atoms with van der Waals surface area (Å²) >= 11 is 14.9. The van der Waals surface area contributed by atoms with Crippen LogP contribution in [0.1, 0.15) is 11.1 Å². The zero-order valence-electron chi connectivity index (χ0n) is 37.3. The van der Waals surface area contributed by atoms with Gasteiger partial charge in [-0.3, -0.25) is 59.3 Å². The van der Waals surface area contributed by atoms with Gasteiger partial charge in [0.25, 0.3) is 0 Å². The fourth-order valence-electron chi connectivity index (χ4n) is 5.03. The summed E-state index contributed by atoms with van der Waals surface area (Å²) in [4.78, 5) is 46.5. The van der Waals surface area contributed by atoms with Crippen molar-refractivity contribution in [2.45, 2.75) is 13.1 Å². The number of benzene rings is 2. The first kappa shape index (κ1) is 61.7. The Hall–Kier alpha value is -7.46. The lowest BCUT2D eigenvalue weighted by molar-refractivity contribution is -0.386. The molecule has 0 aliphatic heterocycles. The molecule has 0 aliphatic carbocycles. The van der Waals surface area contributed by atoms with E-state index in [0.29, 0.717) is 29.3 Å². The van der Waals surface area contributed by atoms with E-state index in [1.165, 1.54) is 18.7 Å². The Morgan fingerprint density at radius 3 is 1.30 bits per heavy atom. The Balaban J connectivity index is 0.000000313. The molecule has 7 rings (SSSR count). The number of hydrogen-bond acceptors (Lipinski definition) is 19. The fourth-order valence-corrected chi connectivity index (χ4v) is 7.96. The second-order valence-corrected chi connectivity index (χ2v) is 17.8. The average Bonchev–Trinajstić information content (AvgIpc) is 4.06. The van der Waals surface area contributed by atoms with Crippen molar-refractivity contribution >= 4 is 148 Å². The van der Waals surface area contributed by atoms with Gasteiger partial charge in [-0.15, -0.1) is 0 Å². The SMILES string of the molecule is Cn1nc(Br)c([N+](=O)[O-])c1Br.Cn1nc(Br)c([N+](=O)[O-])c1NCc1ccccc1.O=S(=O)(O)O.O=[N+]([O-])c1c(Br)n[nH]c1Br.[C-]#[N+]c1nn(C)c(N)c1N.[C-]#[N+]c1nn(C)c(NCc2ccccc2)c1[N+](=O)[O-]. The van der Waals surface area contributed by atoms with E-state index in [0.717, 1.165) is 11.1 Å². The third kappa shape index (κ3) is 18.9. The van der Waals surface area contributed by atoms with Crippen LogP contribution in [0.15, 0.2) is 83.7 Å². The normalized spacial score (nSPS) is 10.0. The molecule has 9 N–H and O–H groups in total. The number of hydrogen-bond donors (Lipinski definition) is 7. The second kappa shape index (κ2) is 28.5. The van der Waals surface area contributed by atoms with Crippen LogP contribution in [-0.2, 0) is 51.7 Å². The van der Waals surface area contributed by atoms with E-state index in [1.807, 2.05) is 60.7 Å². The Morgan fingerprint density at radius 2 is 1.00 bits per heavy atom. The number of aryl methyl sites for hydroxylation is 4. The highest BCUT2D eigenvalue weighted by atomic mass is 79.9. The molecule has 0 bridgehead atoms. The maximum atomic E-state index is 11.0. The third-order valence-corrected chi connectivity index (χ3v) is 11.3. The van der Waals surface area contributed by atoms with E-state index < -0.39 is 30.1 Å². The molecule has 0 radical (unpaired) electrons. The van der Waals surface area contributed by atoms with E-state index in [4.69, 9.17) is 42.1 Å². The molecular weight excluding hydrogens is 1320 g/mol. The molecule has 0 fully saturated rings. The first-order valence-corrected chi connectivity index (χ1v) is 24.1. The molecule has 38 heteroatoms. The number of rotatable bonds is 10. The number of H-pyrrole nitrogens is 1. The number of nitrogens with two attached hydrogens (primary N) is 2. The predicted octanol–water partition coefficient (Wildman–Crippen LogP) is 8.37. The largest absolute Gasteiger partial charge is 0.403 e. The number of anilines is 4. The number of aromatic amines is 1. The van der Waals surface area contributed by atoms with Crippen molar-refractivity contribution in [2.75, 3.05) is 22.1 Å². The summed E-state index contributed by atoms with van der Waals surface area (Å²) in [5.74, 6) is 0.921. The zero-order chi connectivity index (χ0) is 55.5. The quantitative estimate of drug-likeness (QED) is 0.0292. The summed E-state index contributed by atoms with van der Waals surface area (Å²) in [6, 6.07) is 19.2. The van der Waals surface area contributed by atoms with Gasteiger partial charge in [-0.25, -0.2) is 4.68 Å². The van der Waals surface area contributed by atoms with Crippen LogP contribution < -0.4 is 22.1 Å². The minimum Gasteiger partial charge on any atom is -0.403 e. The van der Waals surface area contributed by atoms with E-state index in [9.17, 15) is 40.5 Å². The predicted molar refractivity (Wildman–Crippen MR) is 280 cm³/mol. The second-order valence-electron chi connectivity index (χ2n) is 13.1. The lowest BCUT2D eigenvalue weighted by atomic mass is 10.2. The molecule has 0 aliphatic rings. The van der Waals surface area contributed by atoms with Gasteiger partial charge in [0.15, 0.2) is 15.0 Å². The summed E-state index contributed by atoms with van der Waals surface area (Å²) in [5, 5.41) is 69.7. The van der Waals surface area contributed by atoms with Gasteiger partial charge < -0.3 is 31.8 Å². The molecule has 388 valence electrons. The van der Waals surface area contributed by atoms with Crippen molar-refractivity contribution in [2.24, 2.45) is 28.2 Å². The van der Waals surface area contributed by atoms with E-state index >= 15 is 0 Å². The standard InChI is InChI=1S/C12H11N5O2.C11H11BrN4O2.C5H7N5.C4H3Br2N3O2.C3HBr2N3O2.H2O4S/c1-13-11-10(17(18)19)12(16(2)15-11)14-8-9-6-4-3-5-7-9;1-15-11(9(16(17)18)10(12)14-15)13-7-8-5-3-2-4-6-8;1-8-5-3(6)4(7)10(2)9-5;1-8-4(6)2(9(10)11)3(5)7-8;4-2-1(8(9)10)3(5)7-6-2;1-5(2,3)4/h3-7,14H,8H2,2H3;2-6,13H,7H2,1H3;6-7H2,2H3;1H3;(H,6,7);(H2,1,2,3,4). The van der Waals surface area contributed by atoms with Crippen LogP contribution in [-0.4, -0.2) is 86.5 Å². The van der Waals surface area contributed by atoms with Gasteiger partial charge in [-0.2, -0.15) is 33.1 Å². The van der Waals surface area contributed by atoms with Crippen LogP contribution >= 0.6 is 79.6 Å². The van der Waals surface area contributed by atoms with Crippen molar-refractivity contribution in [3.8, 4) is 0 Å². The molecular formula is C35H35Br5N20O12S. The molecule has 73 heavy (non-hydrogen) atoms. The van der Waals surface area contributed by atoms with Crippen LogP contribution in [0.2, 0.25) is 0 Å². The maximum Gasteiger partial charge on any atom is 0.394 e. The minimum atomic E-state index is -4.67. The van der Waals surface area contributed by atoms with Crippen LogP contribution in [0.5, 0.6) is 0 Å². The number of nitrogens with zero attached hydrogens (tertiary/aromatic N) is 15. The van der Waals surface area contributed by atoms with Gasteiger partial charge >= 0.3 is 44.8 Å². The van der Waals surface area contributed by atoms with E-state index in [-0.39, 0.29) is 64.3 Å². The monoisotopic (exact) mass is 1350 g/mol. The Bertz CT molecular complexity index is 3230. The van der Waals surface area contributed by atoms with Gasteiger partial charge in [-0.1, -0.05) is 73.8 Å². The van der Waals surface area contributed by atoms with Crippen LogP contribution in [0.25, 0.3) is 9.69 Å². The minimum absolute atomic E-state index is 0.0477. The Kier molecular flexibility index (Phi) is 24.1. The van der Waals surface area contributed by atoms with Gasteiger partial charge in [0.2, 0.25) is 25.4 Å². The van der Waals surface area contributed by atoms with Crippen molar-refractivity contribution in [1.82, 2.24) is 49.3 Å². The molecule has 2 aromatic carbocycles. The Labute approximate surface area is 452 Å². The molecule has 32 nitrogen and oxygen atoms in total. The van der Waals surface area contributed by atoms with Crippen molar-refractivity contribution < 1.29 is 37.2 Å². The lowest BCUT2D eigenvalue weighted by Crippen LogP contribution is -2.06. The summed E-state index contributed by atoms with van der Waals surface area (Å²) in [7, 11) is 1.81. The van der Waals surface area contributed by atoms with Crippen LogP contribution in [0, 0.1) is 53.6 Å². The molecule has 7 aromatic rings. The molecule has 0 atom stereocenters. The smallest absolute Gasteiger partial charge is 0.394 e. The van der Waals surface area contributed by atoms with Crippen molar-refractivity contribution in [1.29, 1.82) is 0 Å². The summed E-state index contributed by atoms with van der Waals surface area (Å²) in [5.41, 5.74) is 12.6. The topological polar surface area (TPSA) is 432 Å². The van der Waals surface area contributed by atoms with Gasteiger partial charge in [0.1, 0.15) is 5.69 Å². The number of nitrogen functional groups attached to an aromatic ring is 2. The van der Waals surface area contributed by atoms with E-state index in [1.54, 1.807) is 28.2 Å². The zero-order valence-corrected chi connectivity index (χ0v) is 46.1. The van der Waals surface area contributed by atoms with Crippen molar-refractivity contribution in [3.63, 3.8) is 0 Å². The number of nitrogens with one attached hydrogen (secondary N) is 3. The first-order valence-electron chi connectivity index (χ1n) is 18.8. The highest BCUT2D eigenvalue weighted by Gasteiger charge is 2.29. The summed E-state index contributed by atoms with van der Waals surface area (Å²) < 4.78 is 38.4.